The van der Waals surface area contributed by atoms with Gasteiger partial charge in [-0.2, -0.15) is 0 Å². The van der Waals surface area contributed by atoms with Crippen molar-refractivity contribution in [3.8, 4) is 0 Å². The van der Waals surface area contributed by atoms with Gasteiger partial charge in [0.25, 0.3) is 0 Å². The molecule has 2 heteroatoms. The molecule has 0 heterocycles. The summed E-state index contributed by atoms with van der Waals surface area (Å²) in [5.74, 6) is 0. The van der Waals surface area contributed by atoms with Gasteiger partial charge in [-0.1, -0.05) is 43.7 Å². The van der Waals surface area contributed by atoms with Gasteiger partial charge in [0.1, 0.15) is 9.68 Å². The van der Waals surface area contributed by atoms with Crippen molar-refractivity contribution in [2.24, 2.45) is 0 Å². The summed E-state index contributed by atoms with van der Waals surface area (Å²) in [7, 11) is 2.07. The first-order chi connectivity index (χ1) is 6.33. The lowest BCUT2D eigenvalue weighted by Gasteiger charge is -2.15. The summed E-state index contributed by atoms with van der Waals surface area (Å²) in [6.45, 7) is 3.51. The van der Waals surface area contributed by atoms with Gasteiger partial charge >= 0.3 is 0 Å². The molecule has 0 amide bonds. The summed E-state index contributed by atoms with van der Waals surface area (Å²) in [4.78, 5) is 0. The molecule has 0 bridgehead atoms. The average Bonchev–Trinajstić information content (AvgIpc) is 2.16. The zero-order chi connectivity index (χ0) is 9.52. The Morgan fingerprint density at radius 2 is 1.92 bits per heavy atom. The number of hydrogen-bond acceptors (Lipinski definition) is 1. The fourth-order valence-electron chi connectivity index (χ4n) is 1.40. The molecule has 0 N–H and O–H groups in total. The largest absolute Gasteiger partial charge is 0.328 e. The van der Waals surface area contributed by atoms with Crippen LogP contribution in [0.2, 0.25) is 0 Å². The van der Waals surface area contributed by atoms with E-state index in [0.29, 0.717) is 0 Å². The van der Waals surface area contributed by atoms with Gasteiger partial charge in [-0.05, 0) is 25.2 Å². The van der Waals surface area contributed by atoms with E-state index in [0.717, 1.165) is 0 Å². The first-order valence-electron chi connectivity index (χ1n) is 5.05. The molecule has 1 rings (SSSR count). The summed E-state index contributed by atoms with van der Waals surface area (Å²) in [6.07, 6.45) is 2.63. The normalized spacial score (nSPS) is 11.6. The molecule has 0 aliphatic rings. The minimum atomic E-state index is -0.174. The standard InChI is InChI=1S/C11H19NSi/c1-3-4-10-12(2)13-11-8-6-5-7-9-11/h5-9H,3-4,10,13H2,1-2H3. The number of hydrogen-bond donors (Lipinski definition) is 0. The lowest BCUT2D eigenvalue weighted by Crippen LogP contribution is -2.33. The monoisotopic (exact) mass is 193 g/mol. The Bertz CT molecular complexity index is 223. The van der Waals surface area contributed by atoms with Crippen LogP contribution in [0.25, 0.3) is 0 Å². The smallest absolute Gasteiger partial charge is 0.127 e. The van der Waals surface area contributed by atoms with Crippen molar-refractivity contribution >= 4 is 14.9 Å². The second-order valence-corrected chi connectivity index (χ2v) is 5.79. The van der Waals surface area contributed by atoms with Gasteiger partial charge in [0.2, 0.25) is 0 Å². The highest BCUT2D eigenvalue weighted by atomic mass is 28.2. The second-order valence-electron chi connectivity index (χ2n) is 3.58. The van der Waals surface area contributed by atoms with E-state index in [9.17, 15) is 0 Å². The first-order valence-corrected chi connectivity index (χ1v) is 6.39. The van der Waals surface area contributed by atoms with Gasteiger partial charge in [0.05, 0.1) is 0 Å². The second kappa shape index (κ2) is 5.94. The molecule has 0 spiro atoms. The zero-order valence-electron chi connectivity index (χ0n) is 8.66. The molecule has 0 fully saturated rings. The Morgan fingerprint density at radius 1 is 1.23 bits per heavy atom. The third kappa shape index (κ3) is 4.25. The van der Waals surface area contributed by atoms with Gasteiger partial charge in [-0.3, -0.25) is 0 Å². The number of rotatable bonds is 5. The molecule has 13 heavy (non-hydrogen) atoms. The third-order valence-corrected chi connectivity index (χ3v) is 3.88. The van der Waals surface area contributed by atoms with Gasteiger partial charge in [0.15, 0.2) is 0 Å². The van der Waals surface area contributed by atoms with E-state index in [4.69, 9.17) is 0 Å². The van der Waals surface area contributed by atoms with Gasteiger partial charge in [0, 0.05) is 0 Å². The maximum Gasteiger partial charge on any atom is 0.127 e. The van der Waals surface area contributed by atoms with Crippen LogP contribution < -0.4 is 5.19 Å². The maximum absolute atomic E-state index is 2.51. The predicted molar refractivity (Wildman–Crippen MR) is 62.2 cm³/mol. The van der Waals surface area contributed by atoms with Crippen molar-refractivity contribution in [2.45, 2.75) is 19.8 Å². The molecular formula is C11H19NSi. The molecule has 0 unspecified atom stereocenters. The zero-order valence-corrected chi connectivity index (χ0v) is 10.1. The molecule has 0 aliphatic carbocycles. The van der Waals surface area contributed by atoms with Crippen LogP contribution in [-0.4, -0.2) is 27.8 Å². The van der Waals surface area contributed by atoms with Crippen molar-refractivity contribution in [3.05, 3.63) is 30.3 Å². The predicted octanol–water partition coefficient (Wildman–Crippen LogP) is 1.13. The SMILES string of the molecule is CCCCN(C)[SiH2]c1ccccc1. The Balaban J connectivity index is 2.32. The summed E-state index contributed by atoms with van der Waals surface area (Å²) in [6, 6.07) is 10.8. The molecule has 0 saturated heterocycles. The minimum Gasteiger partial charge on any atom is -0.328 e. The highest BCUT2D eigenvalue weighted by Crippen LogP contribution is 1.90. The van der Waals surface area contributed by atoms with Crippen molar-refractivity contribution in [1.82, 2.24) is 4.57 Å². The van der Waals surface area contributed by atoms with Crippen LogP contribution in [0.4, 0.5) is 0 Å². The Morgan fingerprint density at radius 3 is 2.54 bits per heavy atom. The van der Waals surface area contributed by atoms with E-state index in [1.54, 1.807) is 5.19 Å². The molecule has 1 nitrogen and oxygen atoms in total. The van der Waals surface area contributed by atoms with Crippen LogP contribution in [0.1, 0.15) is 19.8 Å². The van der Waals surface area contributed by atoms with Crippen LogP contribution in [-0.2, 0) is 0 Å². The van der Waals surface area contributed by atoms with Crippen molar-refractivity contribution in [2.75, 3.05) is 13.6 Å². The van der Waals surface area contributed by atoms with E-state index in [1.807, 2.05) is 0 Å². The highest BCUT2D eigenvalue weighted by molar-refractivity contribution is 6.50. The van der Waals surface area contributed by atoms with Crippen LogP contribution in [0.15, 0.2) is 30.3 Å². The lowest BCUT2D eigenvalue weighted by atomic mass is 10.3. The van der Waals surface area contributed by atoms with Crippen LogP contribution in [0, 0.1) is 0 Å². The summed E-state index contributed by atoms with van der Waals surface area (Å²) in [5, 5.41) is 1.54. The van der Waals surface area contributed by atoms with E-state index in [1.165, 1.54) is 19.4 Å². The molecule has 0 aliphatic heterocycles. The molecule has 0 radical (unpaired) electrons. The average molecular weight is 193 g/mol. The van der Waals surface area contributed by atoms with Gasteiger partial charge in [-0.25, -0.2) is 0 Å². The van der Waals surface area contributed by atoms with Crippen LogP contribution in [0.5, 0.6) is 0 Å². The fourth-order valence-corrected chi connectivity index (χ4v) is 2.89. The third-order valence-electron chi connectivity index (χ3n) is 2.19. The molecule has 1 aromatic carbocycles. The van der Waals surface area contributed by atoms with Crippen LogP contribution in [0.3, 0.4) is 0 Å². The molecule has 1 aromatic rings. The topological polar surface area (TPSA) is 3.24 Å². The fraction of sp³-hybridized carbons (Fsp3) is 0.455. The number of unbranched alkanes of at least 4 members (excludes halogenated alkanes) is 1. The quantitative estimate of drug-likeness (QED) is 0.634. The molecule has 0 aromatic heterocycles. The molecular weight excluding hydrogens is 174 g/mol. The van der Waals surface area contributed by atoms with E-state index in [2.05, 4.69) is 48.9 Å². The Kier molecular flexibility index (Phi) is 4.79. The first kappa shape index (κ1) is 10.5. The Labute approximate surface area is 83.7 Å². The number of nitrogens with zero attached hydrogens (tertiary/aromatic N) is 1. The summed E-state index contributed by atoms with van der Waals surface area (Å²) < 4.78 is 2.51. The van der Waals surface area contributed by atoms with Crippen molar-refractivity contribution in [1.29, 1.82) is 0 Å². The molecule has 72 valence electrons. The van der Waals surface area contributed by atoms with Crippen molar-refractivity contribution in [3.63, 3.8) is 0 Å². The molecule has 0 atom stereocenters. The maximum atomic E-state index is 2.51. The van der Waals surface area contributed by atoms with Gasteiger partial charge < -0.3 is 4.57 Å². The van der Waals surface area contributed by atoms with E-state index < -0.39 is 0 Å². The summed E-state index contributed by atoms with van der Waals surface area (Å²) >= 11 is 0. The highest BCUT2D eigenvalue weighted by Gasteiger charge is 1.98. The minimum absolute atomic E-state index is 0.174. The van der Waals surface area contributed by atoms with Crippen LogP contribution >= 0.6 is 0 Å². The lowest BCUT2D eigenvalue weighted by molar-refractivity contribution is 0.514. The number of benzene rings is 1. The Hall–Kier alpha value is -0.603. The summed E-state index contributed by atoms with van der Waals surface area (Å²) in [5.41, 5.74) is 0. The van der Waals surface area contributed by atoms with E-state index in [-0.39, 0.29) is 9.68 Å². The van der Waals surface area contributed by atoms with Crippen molar-refractivity contribution < 1.29 is 0 Å². The van der Waals surface area contributed by atoms with E-state index >= 15 is 0 Å². The molecule has 0 saturated carbocycles. The van der Waals surface area contributed by atoms with Gasteiger partial charge in [-0.15, -0.1) is 0 Å².